The van der Waals surface area contributed by atoms with Crippen LogP contribution in [0.2, 0.25) is 0 Å². The number of ketones is 1. The van der Waals surface area contributed by atoms with Crippen LogP contribution in [0.4, 0.5) is 5.82 Å². The monoisotopic (exact) mass is 319 g/mol. The molecule has 118 valence electrons. The molecule has 1 aromatic heterocycles. The Kier molecular flexibility index (Phi) is 4.29. The Balaban J connectivity index is 1.82. The Labute approximate surface area is 137 Å². The summed E-state index contributed by atoms with van der Waals surface area (Å²) in [5.41, 5.74) is 6.83. The van der Waals surface area contributed by atoms with Crippen molar-refractivity contribution in [2.75, 3.05) is 5.73 Å². The van der Waals surface area contributed by atoms with Gasteiger partial charge in [-0.2, -0.15) is 0 Å². The highest BCUT2D eigenvalue weighted by Crippen LogP contribution is 2.25. The van der Waals surface area contributed by atoms with Crippen LogP contribution in [0.1, 0.15) is 26.3 Å². The van der Waals surface area contributed by atoms with E-state index >= 15 is 0 Å². The van der Waals surface area contributed by atoms with E-state index in [0.29, 0.717) is 23.2 Å². The van der Waals surface area contributed by atoms with Gasteiger partial charge in [0.25, 0.3) is 0 Å². The molecule has 2 N–H and O–H groups in total. The summed E-state index contributed by atoms with van der Waals surface area (Å²) in [5.74, 6) is 0.466. The van der Waals surface area contributed by atoms with E-state index in [9.17, 15) is 9.59 Å². The standard InChI is InChI=1S/C18H13N3O3/c19-17-15(10-22)18(21-11-20-17)24-14-8-6-13(7-9-14)16(23)12-4-2-1-3-5-12/h1-11H,(H2,19,20,21). The summed E-state index contributed by atoms with van der Waals surface area (Å²) in [6.45, 7) is 0. The molecule has 0 radical (unpaired) electrons. The van der Waals surface area contributed by atoms with Crippen LogP contribution >= 0.6 is 0 Å². The summed E-state index contributed by atoms with van der Waals surface area (Å²) in [6.07, 6.45) is 1.75. The molecule has 24 heavy (non-hydrogen) atoms. The van der Waals surface area contributed by atoms with E-state index in [0.717, 1.165) is 0 Å². The fourth-order valence-electron chi connectivity index (χ4n) is 2.13. The predicted octanol–water partition coefficient (Wildman–Crippen LogP) is 2.89. The number of carbonyl (C=O) groups excluding carboxylic acids is 2. The number of anilines is 1. The van der Waals surface area contributed by atoms with Gasteiger partial charge in [-0.05, 0) is 24.3 Å². The summed E-state index contributed by atoms with van der Waals surface area (Å²) in [4.78, 5) is 31.0. The van der Waals surface area contributed by atoms with Crippen LogP contribution in [0.5, 0.6) is 11.6 Å². The third kappa shape index (κ3) is 3.12. The van der Waals surface area contributed by atoms with Crippen molar-refractivity contribution in [1.82, 2.24) is 9.97 Å². The number of aromatic nitrogens is 2. The van der Waals surface area contributed by atoms with Gasteiger partial charge in [-0.3, -0.25) is 9.59 Å². The fraction of sp³-hybridized carbons (Fsp3) is 0. The fourth-order valence-corrected chi connectivity index (χ4v) is 2.13. The number of aldehydes is 1. The number of nitrogen functional groups attached to an aromatic ring is 1. The van der Waals surface area contributed by atoms with Crippen LogP contribution < -0.4 is 10.5 Å². The van der Waals surface area contributed by atoms with Crippen LogP contribution in [0, 0.1) is 0 Å². The second-order valence-corrected chi connectivity index (χ2v) is 4.92. The summed E-state index contributed by atoms with van der Waals surface area (Å²) in [5, 5.41) is 0. The number of nitrogens with two attached hydrogens (primary N) is 1. The van der Waals surface area contributed by atoms with Gasteiger partial charge in [-0.25, -0.2) is 9.97 Å². The van der Waals surface area contributed by atoms with E-state index in [2.05, 4.69) is 9.97 Å². The van der Waals surface area contributed by atoms with Crippen molar-refractivity contribution < 1.29 is 14.3 Å². The number of nitrogens with zero attached hydrogens (tertiary/aromatic N) is 2. The molecule has 0 saturated carbocycles. The first-order valence-corrected chi connectivity index (χ1v) is 7.12. The molecule has 0 atom stereocenters. The van der Waals surface area contributed by atoms with Gasteiger partial charge in [-0.15, -0.1) is 0 Å². The van der Waals surface area contributed by atoms with Crippen molar-refractivity contribution in [2.24, 2.45) is 0 Å². The zero-order chi connectivity index (χ0) is 16.9. The SMILES string of the molecule is Nc1ncnc(Oc2ccc(C(=O)c3ccccc3)cc2)c1C=O. The first-order chi connectivity index (χ1) is 11.7. The minimum atomic E-state index is -0.0815. The summed E-state index contributed by atoms with van der Waals surface area (Å²) >= 11 is 0. The molecule has 0 amide bonds. The second kappa shape index (κ2) is 6.70. The van der Waals surface area contributed by atoms with Crippen LogP contribution in [0.25, 0.3) is 0 Å². The Morgan fingerprint density at radius 1 is 0.958 bits per heavy atom. The number of carbonyl (C=O) groups is 2. The highest BCUT2D eigenvalue weighted by atomic mass is 16.5. The lowest BCUT2D eigenvalue weighted by atomic mass is 10.0. The van der Waals surface area contributed by atoms with Crippen molar-refractivity contribution in [3.63, 3.8) is 0 Å². The molecule has 3 aromatic rings. The highest BCUT2D eigenvalue weighted by Gasteiger charge is 2.12. The first-order valence-electron chi connectivity index (χ1n) is 7.12. The minimum Gasteiger partial charge on any atom is -0.438 e. The largest absolute Gasteiger partial charge is 0.438 e. The first kappa shape index (κ1) is 15.4. The molecule has 3 rings (SSSR count). The number of hydrogen-bond acceptors (Lipinski definition) is 6. The zero-order valence-electron chi connectivity index (χ0n) is 12.5. The summed E-state index contributed by atoms with van der Waals surface area (Å²) in [7, 11) is 0. The van der Waals surface area contributed by atoms with Gasteiger partial charge in [0.2, 0.25) is 5.88 Å². The Bertz CT molecular complexity index is 878. The van der Waals surface area contributed by atoms with Crippen LogP contribution in [-0.4, -0.2) is 22.0 Å². The lowest BCUT2D eigenvalue weighted by molar-refractivity contribution is 0.103. The topological polar surface area (TPSA) is 95.2 Å². The normalized spacial score (nSPS) is 10.2. The Morgan fingerprint density at radius 2 is 1.62 bits per heavy atom. The quantitative estimate of drug-likeness (QED) is 0.574. The number of rotatable bonds is 5. The smallest absolute Gasteiger partial charge is 0.235 e. The molecule has 0 aliphatic rings. The predicted molar refractivity (Wildman–Crippen MR) is 88.2 cm³/mol. The molecule has 0 fully saturated rings. The lowest BCUT2D eigenvalue weighted by Gasteiger charge is -2.08. The molecule has 6 heteroatoms. The molecule has 0 aliphatic carbocycles. The van der Waals surface area contributed by atoms with Gasteiger partial charge < -0.3 is 10.5 Å². The molecule has 6 nitrogen and oxygen atoms in total. The van der Waals surface area contributed by atoms with Gasteiger partial charge in [0.15, 0.2) is 12.1 Å². The van der Waals surface area contributed by atoms with Gasteiger partial charge >= 0.3 is 0 Å². The van der Waals surface area contributed by atoms with Crippen LogP contribution in [-0.2, 0) is 0 Å². The molecule has 0 unspecified atom stereocenters. The highest BCUT2D eigenvalue weighted by molar-refractivity contribution is 6.09. The Morgan fingerprint density at radius 3 is 2.29 bits per heavy atom. The van der Waals surface area contributed by atoms with E-state index in [4.69, 9.17) is 10.5 Å². The van der Waals surface area contributed by atoms with Crippen molar-refractivity contribution in [3.8, 4) is 11.6 Å². The molecular formula is C18H13N3O3. The average Bonchev–Trinajstić information content (AvgIpc) is 2.63. The maximum absolute atomic E-state index is 12.3. The summed E-state index contributed by atoms with van der Waals surface area (Å²) < 4.78 is 5.55. The average molecular weight is 319 g/mol. The molecule has 0 saturated heterocycles. The van der Waals surface area contributed by atoms with Crippen LogP contribution in [0.3, 0.4) is 0 Å². The summed E-state index contributed by atoms with van der Waals surface area (Å²) in [6, 6.07) is 15.5. The van der Waals surface area contributed by atoms with Gasteiger partial charge in [0.05, 0.1) is 0 Å². The maximum atomic E-state index is 12.3. The molecule has 0 aliphatic heterocycles. The number of benzene rings is 2. The molecule has 2 aromatic carbocycles. The van der Waals surface area contributed by atoms with Gasteiger partial charge in [-0.1, -0.05) is 30.3 Å². The minimum absolute atomic E-state index is 0.0471. The molecule has 0 spiro atoms. The van der Waals surface area contributed by atoms with E-state index < -0.39 is 0 Å². The zero-order valence-corrected chi connectivity index (χ0v) is 12.5. The molecular weight excluding hydrogens is 306 g/mol. The van der Waals surface area contributed by atoms with Gasteiger partial charge in [0, 0.05) is 11.1 Å². The van der Waals surface area contributed by atoms with Crippen molar-refractivity contribution in [1.29, 1.82) is 0 Å². The third-order valence-corrected chi connectivity index (χ3v) is 3.36. The third-order valence-electron chi connectivity index (χ3n) is 3.36. The second-order valence-electron chi connectivity index (χ2n) is 4.92. The number of hydrogen-bond donors (Lipinski definition) is 1. The molecule has 0 bridgehead atoms. The molecule has 1 heterocycles. The van der Waals surface area contributed by atoms with Gasteiger partial charge in [0.1, 0.15) is 23.5 Å². The van der Waals surface area contributed by atoms with Crippen molar-refractivity contribution >= 4 is 17.9 Å². The van der Waals surface area contributed by atoms with E-state index in [1.54, 1.807) is 36.4 Å². The number of ether oxygens (including phenoxy) is 1. The Hall–Kier alpha value is -3.54. The van der Waals surface area contributed by atoms with E-state index in [-0.39, 0.29) is 23.0 Å². The van der Waals surface area contributed by atoms with Crippen molar-refractivity contribution in [2.45, 2.75) is 0 Å². The van der Waals surface area contributed by atoms with Crippen LogP contribution in [0.15, 0.2) is 60.9 Å². The van der Waals surface area contributed by atoms with E-state index in [1.165, 1.54) is 6.33 Å². The van der Waals surface area contributed by atoms with E-state index in [1.807, 2.05) is 18.2 Å². The maximum Gasteiger partial charge on any atom is 0.235 e. The van der Waals surface area contributed by atoms with Crippen molar-refractivity contribution in [3.05, 3.63) is 77.6 Å². The lowest BCUT2D eigenvalue weighted by Crippen LogP contribution is -2.02.